The Morgan fingerprint density at radius 2 is 2.53 bits per heavy atom. The normalized spacial score (nSPS) is 20.1. The maximum atomic E-state index is 11.6. The number of nitrogens with zero attached hydrogens (tertiary/aromatic N) is 1. The minimum absolute atomic E-state index is 0.159. The highest BCUT2D eigenvalue weighted by molar-refractivity contribution is 7.13. The molecule has 1 atom stereocenters. The Kier molecular flexibility index (Phi) is 4.33. The molecule has 1 unspecified atom stereocenters. The lowest BCUT2D eigenvalue weighted by molar-refractivity contribution is 0.0117. The summed E-state index contributed by atoms with van der Waals surface area (Å²) in [5.41, 5.74) is 5.87. The van der Waals surface area contributed by atoms with Crippen LogP contribution >= 0.6 is 11.3 Å². The second kappa shape index (κ2) is 5.97. The van der Waals surface area contributed by atoms with Gasteiger partial charge in [-0.3, -0.25) is 4.79 Å². The zero-order valence-corrected chi connectivity index (χ0v) is 10.5. The molecule has 1 aromatic rings. The molecule has 1 amide bonds. The first-order chi connectivity index (χ1) is 8.25. The molecule has 2 heterocycles. The van der Waals surface area contributed by atoms with Crippen LogP contribution in [0.15, 0.2) is 5.38 Å². The monoisotopic (exact) mass is 255 g/mol. The van der Waals surface area contributed by atoms with Gasteiger partial charge in [0.2, 0.25) is 0 Å². The number of anilines is 1. The lowest BCUT2D eigenvalue weighted by Crippen LogP contribution is -2.29. The Bertz CT molecular complexity index is 375. The molecule has 5 nitrogen and oxygen atoms in total. The van der Waals surface area contributed by atoms with E-state index in [-0.39, 0.29) is 5.91 Å². The zero-order chi connectivity index (χ0) is 12.1. The molecule has 0 radical (unpaired) electrons. The minimum Gasteiger partial charge on any atom is -0.378 e. The van der Waals surface area contributed by atoms with Crippen LogP contribution in [0.3, 0.4) is 0 Å². The van der Waals surface area contributed by atoms with E-state index in [1.54, 1.807) is 5.38 Å². The third-order valence-electron chi connectivity index (χ3n) is 2.78. The third kappa shape index (κ3) is 3.67. The molecule has 3 N–H and O–H groups in total. The molecule has 1 fully saturated rings. The van der Waals surface area contributed by atoms with Crippen molar-refractivity contribution in [3.63, 3.8) is 0 Å². The van der Waals surface area contributed by atoms with E-state index in [9.17, 15) is 4.79 Å². The fourth-order valence-corrected chi connectivity index (χ4v) is 2.41. The number of nitrogens with one attached hydrogen (secondary N) is 1. The summed E-state index contributed by atoms with van der Waals surface area (Å²) in [5.74, 6) is -0.159. The fourth-order valence-electron chi connectivity index (χ4n) is 1.86. The molecule has 1 aromatic heterocycles. The summed E-state index contributed by atoms with van der Waals surface area (Å²) in [4.78, 5) is 15.6. The van der Waals surface area contributed by atoms with Gasteiger partial charge in [0.05, 0.1) is 6.10 Å². The van der Waals surface area contributed by atoms with E-state index in [1.807, 2.05) is 0 Å². The molecule has 0 saturated carbocycles. The lowest BCUT2D eigenvalue weighted by Gasteiger charge is -2.22. The van der Waals surface area contributed by atoms with Crippen LogP contribution in [0.4, 0.5) is 5.13 Å². The maximum Gasteiger partial charge on any atom is 0.270 e. The van der Waals surface area contributed by atoms with Crippen molar-refractivity contribution in [3.8, 4) is 0 Å². The lowest BCUT2D eigenvalue weighted by atomic mass is 10.1. The first-order valence-electron chi connectivity index (χ1n) is 5.86. The molecule has 0 bridgehead atoms. The molecule has 1 aliphatic rings. The number of nitrogen functional groups attached to an aromatic ring is 1. The Morgan fingerprint density at radius 1 is 1.65 bits per heavy atom. The fraction of sp³-hybridized carbons (Fsp3) is 0.636. The number of rotatable bonds is 4. The van der Waals surface area contributed by atoms with Crippen molar-refractivity contribution in [2.24, 2.45) is 0 Å². The van der Waals surface area contributed by atoms with Gasteiger partial charge in [0, 0.05) is 18.5 Å². The molecule has 17 heavy (non-hydrogen) atoms. The van der Waals surface area contributed by atoms with Crippen molar-refractivity contribution in [1.82, 2.24) is 10.3 Å². The quantitative estimate of drug-likeness (QED) is 0.853. The van der Waals surface area contributed by atoms with Crippen LogP contribution in [0.2, 0.25) is 0 Å². The summed E-state index contributed by atoms with van der Waals surface area (Å²) < 4.78 is 5.58. The smallest absolute Gasteiger partial charge is 0.270 e. The molecule has 0 aliphatic carbocycles. The highest BCUT2D eigenvalue weighted by Gasteiger charge is 2.14. The van der Waals surface area contributed by atoms with Gasteiger partial charge in [0.15, 0.2) is 5.13 Å². The summed E-state index contributed by atoms with van der Waals surface area (Å²) in [5, 5.41) is 4.92. The van der Waals surface area contributed by atoms with Crippen LogP contribution in [-0.2, 0) is 4.74 Å². The first kappa shape index (κ1) is 12.3. The average Bonchev–Trinajstić information content (AvgIpc) is 2.77. The molecule has 1 saturated heterocycles. The second-order valence-electron chi connectivity index (χ2n) is 4.10. The molecule has 1 aliphatic heterocycles. The van der Waals surface area contributed by atoms with E-state index < -0.39 is 0 Å². The average molecular weight is 255 g/mol. The summed E-state index contributed by atoms with van der Waals surface area (Å²) in [6, 6.07) is 0. The van der Waals surface area contributed by atoms with Gasteiger partial charge in [-0.1, -0.05) is 0 Å². The van der Waals surface area contributed by atoms with Crippen LogP contribution in [0.1, 0.15) is 36.2 Å². The molecular weight excluding hydrogens is 238 g/mol. The van der Waals surface area contributed by atoms with E-state index in [1.165, 1.54) is 17.8 Å². The third-order valence-corrected chi connectivity index (χ3v) is 3.45. The van der Waals surface area contributed by atoms with E-state index in [0.29, 0.717) is 23.5 Å². The van der Waals surface area contributed by atoms with Gasteiger partial charge >= 0.3 is 0 Å². The predicted molar refractivity (Wildman–Crippen MR) is 67.1 cm³/mol. The topological polar surface area (TPSA) is 77.2 Å². The molecule has 94 valence electrons. The Labute approximate surface area is 104 Å². The van der Waals surface area contributed by atoms with Crippen LogP contribution in [-0.4, -0.2) is 30.1 Å². The molecule has 2 rings (SSSR count). The van der Waals surface area contributed by atoms with E-state index in [4.69, 9.17) is 10.5 Å². The number of amides is 1. The van der Waals surface area contributed by atoms with Crippen LogP contribution in [0, 0.1) is 0 Å². The van der Waals surface area contributed by atoms with Crippen molar-refractivity contribution < 1.29 is 9.53 Å². The summed E-state index contributed by atoms with van der Waals surface area (Å²) in [7, 11) is 0. The molecule has 6 heteroatoms. The van der Waals surface area contributed by atoms with Crippen molar-refractivity contribution in [3.05, 3.63) is 11.1 Å². The maximum absolute atomic E-state index is 11.6. The number of nitrogens with two attached hydrogens (primary N) is 1. The van der Waals surface area contributed by atoms with Crippen LogP contribution < -0.4 is 11.1 Å². The highest BCUT2D eigenvalue weighted by atomic mass is 32.1. The summed E-state index contributed by atoms with van der Waals surface area (Å²) in [6.07, 6.45) is 4.64. The number of hydrogen-bond donors (Lipinski definition) is 2. The minimum atomic E-state index is -0.159. The number of ether oxygens (including phenoxy) is 1. The largest absolute Gasteiger partial charge is 0.378 e. The van der Waals surface area contributed by atoms with Crippen LogP contribution in [0.5, 0.6) is 0 Å². The van der Waals surface area contributed by atoms with E-state index >= 15 is 0 Å². The van der Waals surface area contributed by atoms with Gasteiger partial charge in [-0.05, 0) is 25.7 Å². The van der Waals surface area contributed by atoms with Crippen molar-refractivity contribution in [2.45, 2.75) is 31.8 Å². The first-order valence-corrected chi connectivity index (χ1v) is 6.74. The number of hydrogen-bond acceptors (Lipinski definition) is 5. The Morgan fingerprint density at radius 3 is 3.18 bits per heavy atom. The molecular formula is C11H17N3O2S. The van der Waals surface area contributed by atoms with E-state index in [2.05, 4.69) is 10.3 Å². The summed E-state index contributed by atoms with van der Waals surface area (Å²) >= 11 is 1.28. The summed E-state index contributed by atoms with van der Waals surface area (Å²) in [6.45, 7) is 1.47. The standard InChI is InChI=1S/C11H17N3O2S/c12-11-14-9(7-17-11)10(15)13-5-4-8-3-1-2-6-16-8/h7-8H,1-6H2,(H2,12,14)(H,13,15). The van der Waals surface area contributed by atoms with Gasteiger partial charge in [0.1, 0.15) is 5.69 Å². The van der Waals surface area contributed by atoms with Crippen molar-refractivity contribution in [1.29, 1.82) is 0 Å². The number of aromatic nitrogens is 1. The van der Waals surface area contributed by atoms with Crippen molar-refractivity contribution >= 4 is 22.4 Å². The highest BCUT2D eigenvalue weighted by Crippen LogP contribution is 2.15. The van der Waals surface area contributed by atoms with Gasteiger partial charge < -0.3 is 15.8 Å². The van der Waals surface area contributed by atoms with Gasteiger partial charge in [0.25, 0.3) is 5.91 Å². The Balaban J connectivity index is 1.69. The number of carbonyl (C=O) groups is 1. The SMILES string of the molecule is Nc1nc(C(=O)NCCC2CCCCO2)cs1. The number of thiazole rings is 1. The zero-order valence-electron chi connectivity index (χ0n) is 9.65. The molecule has 0 aromatic carbocycles. The van der Waals surface area contributed by atoms with Gasteiger partial charge in [-0.15, -0.1) is 11.3 Å². The van der Waals surface area contributed by atoms with Gasteiger partial charge in [-0.25, -0.2) is 4.98 Å². The van der Waals surface area contributed by atoms with Crippen molar-refractivity contribution in [2.75, 3.05) is 18.9 Å². The van der Waals surface area contributed by atoms with Gasteiger partial charge in [-0.2, -0.15) is 0 Å². The number of carbonyl (C=O) groups excluding carboxylic acids is 1. The van der Waals surface area contributed by atoms with Crippen LogP contribution in [0.25, 0.3) is 0 Å². The molecule has 0 spiro atoms. The predicted octanol–water partition coefficient (Wildman–Crippen LogP) is 1.41. The second-order valence-corrected chi connectivity index (χ2v) is 4.99. The van der Waals surface area contributed by atoms with E-state index in [0.717, 1.165) is 25.9 Å². The Hall–Kier alpha value is -1.14.